The highest BCUT2D eigenvalue weighted by Crippen LogP contribution is 2.25. The Hall–Kier alpha value is -2.14. The molecule has 1 saturated heterocycles. The molecule has 3 rings (SSSR count). The quantitative estimate of drug-likeness (QED) is 0.944. The summed E-state index contributed by atoms with van der Waals surface area (Å²) in [5.41, 5.74) is 2.58. The van der Waals surface area contributed by atoms with Crippen LogP contribution in [0.4, 0.5) is 0 Å². The lowest BCUT2D eigenvalue weighted by Crippen LogP contribution is -2.37. The summed E-state index contributed by atoms with van der Waals surface area (Å²) in [7, 11) is 0. The minimum atomic E-state index is -0.0505. The molecule has 1 aliphatic heterocycles. The fraction of sp³-hybridized carbons (Fsp3) is 0.412. The molecule has 5 heteroatoms. The molecule has 3 heterocycles. The number of aryl methyl sites for hydroxylation is 1. The number of aliphatic hydroxyl groups is 1. The Labute approximate surface area is 130 Å². The van der Waals surface area contributed by atoms with Crippen molar-refractivity contribution in [2.24, 2.45) is 0 Å². The maximum Gasteiger partial charge on any atom is 0.256 e. The van der Waals surface area contributed by atoms with Crippen LogP contribution in [0.25, 0.3) is 5.82 Å². The summed E-state index contributed by atoms with van der Waals surface area (Å²) in [6.45, 7) is 4.67. The number of hydrogen-bond donors (Lipinski definition) is 1. The summed E-state index contributed by atoms with van der Waals surface area (Å²) < 4.78 is 2.00. The molecule has 5 nitrogen and oxygen atoms in total. The first kappa shape index (κ1) is 14.8. The van der Waals surface area contributed by atoms with Gasteiger partial charge in [0.2, 0.25) is 0 Å². The standard InChI is InChI=1S/C17H21N3O2/c1-12-10-15(17(22)19-9-5-6-14(19)11-21)13(2)20(12)16-7-3-4-8-18-16/h3-4,7-8,10,14,21H,5-6,9,11H2,1-2H3/t14-/m1/s1. The zero-order chi connectivity index (χ0) is 15.7. The average molecular weight is 299 g/mol. The van der Waals surface area contributed by atoms with Crippen LogP contribution in [0.5, 0.6) is 0 Å². The van der Waals surface area contributed by atoms with E-state index < -0.39 is 0 Å². The summed E-state index contributed by atoms with van der Waals surface area (Å²) >= 11 is 0. The van der Waals surface area contributed by atoms with E-state index in [1.807, 2.05) is 42.7 Å². The van der Waals surface area contributed by atoms with E-state index in [-0.39, 0.29) is 18.6 Å². The average Bonchev–Trinajstić information content (AvgIpc) is 3.12. The molecular formula is C17H21N3O2. The first-order valence-electron chi connectivity index (χ1n) is 7.65. The zero-order valence-electron chi connectivity index (χ0n) is 13.0. The van der Waals surface area contributed by atoms with E-state index in [1.165, 1.54) is 0 Å². The van der Waals surface area contributed by atoms with Crippen molar-refractivity contribution in [3.63, 3.8) is 0 Å². The maximum absolute atomic E-state index is 12.8. The molecule has 1 amide bonds. The van der Waals surface area contributed by atoms with Gasteiger partial charge in [0.25, 0.3) is 5.91 Å². The molecule has 0 aliphatic carbocycles. The lowest BCUT2D eigenvalue weighted by molar-refractivity contribution is 0.0677. The number of nitrogens with zero attached hydrogens (tertiary/aromatic N) is 3. The number of rotatable bonds is 3. The summed E-state index contributed by atoms with van der Waals surface area (Å²) in [4.78, 5) is 19.0. The highest BCUT2D eigenvalue weighted by molar-refractivity contribution is 5.96. The number of aromatic nitrogens is 2. The molecule has 22 heavy (non-hydrogen) atoms. The molecule has 0 unspecified atom stereocenters. The van der Waals surface area contributed by atoms with Gasteiger partial charge >= 0.3 is 0 Å². The van der Waals surface area contributed by atoms with Gasteiger partial charge in [-0.25, -0.2) is 4.98 Å². The van der Waals surface area contributed by atoms with Crippen molar-refractivity contribution in [2.75, 3.05) is 13.2 Å². The Balaban J connectivity index is 1.98. The predicted octanol–water partition coefficient (Wildman–Crippen LogP) is 2.09. The van der Waals surface area contributed by atoms with Crippen molar-refractivity contribution in [2.45, 2.75) is 32.7 Å². The maximum atomic E-state index is 12.8. The third-order valence-electron chi connectivity index (χ3n) is 4.39. The number of hydrogen-bond acceptors (Lipinski definition) is 3. The number of aliphatic hydroxyl groups excluding tert-OH is 1. The first-order valence-corrected chi connectivity index (χ1v) is 7.65. The van der Waals surface area contributed by atoms with Gasteiger partial charge in [0, 0.05) is 24.1 Å². The molecule has 0 radical (unpaired) electrons. The predicted molar refractivity (Wildman–Crippen MR) is 84.2 cm³/mol. The second kappa shape index (κ2) is 5.93. The Morgan fingerprint density at radius 2 is 2.23 bits per heavy atom. The van der Waals surface area contributed by atoms with Crippen molar-refractivity contribution in [1.29, 1.82) is 0 Å². The summed E-state index contributed by atoms with van der Waals surface area (Å²) in [5, 5.41) is 9.43. The van der Waals surface area contributed by atoms with Gasteiger partial charge in [-0.1, -0.05) is 6.07 Å². The van der Waals surface area contributed by atoms with Gasteiger partial charge in [-0.2, -0.15) is 0 Å². The van der Waals surface area contributed by atoms with Gasteiger partial charge in [-0.05, 0) is 44.9 Å². The van der Waals surface area contributed by atoms with Crippen LogP contribution in [0, 0.1) is 13.8 Å². The highest BCUT2D eigenvalue weighted by Gasteiger charge is 2.30. The van der Waals surface area contributed by atoms with Crippen LogP contribution in [0.15, 0.2) is 30.5 Å². The SMILES string of the molecule is Cc1cc(C(=O)N2CCC[C@@H]2CO)c(C)n1-c1ccccn1. The van der Waals surface area contributed by atoms with Crippen molar-refractivity contribution in [3.05, 3.63) is 47.4 Å². The number of amides is 1. The van der Waals surface area contributed by atoms with E-state index in [0.29, 0.717) is 5.56 Å². The molecule has 0 saturated carbocycles. The van der Waals surface area contributed by atoms with E-state index in [4.69, 9.17) is 0 Å². The zero-order valence-corrected chi connectivity index (χ0v) is 13.0. The third kappa shape index (κ3) is 2.41. The van der Waals surface area contributed by atoms with Crippen LogP contribution in [-0.4, -0.2) is 44.7 Å². The van der Waals surface area contributed by atoms with Gasteiger partial charge < -0.3 is 14.6 Å². The van der Waals surface area contributed by atoms with Gasteiger partial charge in [-0.3, -0.25) is 4.79 Å². The molecule has 1 atom stereocenters. The van der Waals surface area contributed by atoms with E-state index >= 15 is 0 Å². The monoisotopic (exact) mass is 299 g/mol. The molecule has 116 valence electrons. The van der Waals surface area contributed by atoms with Gasteiger partial charge in [-0.15, -0.1) is 0 Å². The van der Waals surface area contributed by atoms with Crippen LogP contribution in [0.3, 0.4) is 0 Å². The van der Waals surface area contributed by atoms with E-state index in [0.717, 1.165) is 36.6 Å². The van der Waals surface area contributed by atoms with Crippen LogP contribution >= 0.6 is 0 Å². The third-order valence-corrected chi connectivity index (χ3v) is 4.39. The number of carbonyl (C=O) groups is 1. The molecule has 0 aromatic carbocycles. The second-order valence-electron chi connectivity index (χ2n) is 5.79. The molecule has 1 aliphatic rings. The van der Waals surface area contributed by atoms with E-state index in [1.54, 1.807) is 11.1 Å². The fourth-order valence-electron chi connectivity index (χ4n) is 3.27. The molecule has 1 N–H and O–H groups in total. The largest absolute Gasteiger partial charge is 0.394 e. The lowest BCUT2D eigenvalue weighted by Gasteiger charge is -2.23. The molecule has 2 aromatic rings. The summed E-state index contributed by atoms with van der Waals surface area (Å²) in [6.07, 6.45) is 3.58. The molecule has 2 aromatic heterocycles. The van der Waals surface area contributed by atoms with Crippen molar-refractivity contribution < 1.29 is 9.90 Å². The van der Waals surface area contributed by atoms with Gasteiger partial charge in [0.1, 0.15) is 5.82 Å². The van der Waals surface area contributed by atoms with Crippen molar-refractivity contribution >= 4 is 5.91 Å². The minimum absolute atomic E-state index is 0.00633. The second-order valence-corrected chi connectivity index (χ2v) is 5.79. The number of pyridine rings is 1. The molecule has 1 fully saturated rings. The first-order chi connectivity index (χ1) is 10.6. The highest BCUT2D eigenvalue weighted by atomic mass is 16.3. The molecule has 0 bridgehead atoms. The fourth-order valence-corrected chi connectivity index (χ4v) is 3.27. The minimum Gasteiger partial charge on any atom is -0.394 e. The lowest BCUT2D eigenvalue weighted by atomic mass is 10.2. The number of carbonyl (C=O) groups excluding carboxylic acids is 1. The summed E-state index contributed by atoms with van der Waals surface area (Å²) in [5.74, 6) is 0.823. The Kier molecular flexibility index (Phi) is 3.98. The molecule has 0 spiro atoms. The van der Waals surface area contributed by atoms with E-state index in [2.05, 4.69) is 4.98 Å². The Bertz CT molecular complexity index is 679. The van der Waals surface area contributed by atoms with Gasteiger partial charge in [0.05, 0.1) is 18.2 Å². The van der Waals surface area contributed by atoms with Gasteiger partial charge in [0.15, 0.2) is 0 Å². The number of likely N-dealkylation sites (tertiary alicyclic amines) is 1. The smallest absolute Gasteiger partial charge is 0.256 e. The van der Waals surface area contributed by atoms with Crippen LogP contribution in [-0.2, 0) is 0 Å². The Morgan fingerprint density at radius 3 is 2.91 bits per heavy atom. The van der Waals surface area contributed by atoms with Crippen molar-refractivity contribution in [3.8, 4) is 5.82 Å². The topological polar surface area (TPSA) is 58.4 Å². The normalized spacial score (nSPS) is 18.0. The van der Waals surface area contributed by atoms with Crippen LogP contribution in [0.1, 0.15) is 34.6 Å². The van der Waals surface area contributed by atoms with Crippen LogP contribution in [0.2, 0.25) is 0 Å². The molecular weight excluding hydrogens is 278 g/mol. The van der Waals surface area contributed by atoms with Crippen LogP contribution < -0.4 is 0 Å². The van der Waals surface area contributed by atoms with Crippen molar-refractivity contribution in [1.82, 2.24) is 14.5 Å². The van der Waals surface area contributed by atoms with E-state index in [9.17, 15) is 9.90 Å². The summed E-state index contributed by atoms with van der Waals surface area (Å²) in [6, 6.07) is 7.61. The Morgan fingerprint density at radius 1 is 1.41 bits per heavy atom.